The number of hydrogen-bond donors (Lipinski definition) is 0. The zero-order valence-corrected chi connectivity index (χ0v) is 12.6. The molecule has 0 unspecified atom stereocenters. The van der Waals surface area contributed by atoms with Crippen molar-refractivity contribution in [3.63, 3.8) is 0 Å². The highest BCUT2D eigenvalue weighted by Crippen LogP contribution is 2.23. The molecule has 0 aliphatic carbocycles. The number of nitrogens with zero attached hydrogens (tertiary/aromatic N) is 1. The maximum absolute atomic E-state index is 2.45. The summed E-state index contributed by atoms with van der Waals surface area (Å²) in [4.78, 5) is 0. The van der Waals surface area contributed by atoms with Gasteiger partial charge in [-0.15, -0.1) is 0 Å². The largest absolute Gasteiger partial charge is 0.439 e. The van der Waals surface area contributed by atoms with Crippen LogP contribution in [-0.4, -0.2) is 20.8 Å². The van der Waals surface area contributed by atoms with Crippen molar-refractivity contribution in [3.05, 3.63) is 28.8 Å². The molecule has 12 heavy (non-hydrogen) atoms. The zero-order valence-electron chi connectivity index (χ0n) is 8.60. The van der Waals surface area contributed by atoms with Crippen LogP contribution in [0.4, 0.5) is 5.69 Å². The second-order valence-electron chi connectivity index (χ2n) is 3.64. The number of benzene rings is 1. The van der Waals surface area contributed by atoms with Gasteiger partial charge in [0.05, 0.1) is 20.8 Å². The fourth-order valence-electron chi connectivity index (χ4n) is 1.88. The first kappa shape index (κ1) is 9.54. The third-order valence-corrected chi connectivity index (χ3v) is 2.98. The van der Waals surface area contributed by atoms with E-state index in [-0.39, 0.29) is 0 Å². The lowest BCUT2D eigenvalue weighted by molar-refractivity contribution is 1.30. The summed E-state index contributed by atoms with van der Waals surface area (Å²) in [5.41, 5.74) is 5.70. The molecule has 0 amide bonds. The molecule has 0 fully saturated rings. The van der Waals surface area contributed by atoms with Gasteiger partial charge in [-0.1, -0.05) is 17.7 Å². The normalized spacial score (nSPS) is 10.6. The van der Waals surface area contributed by atoms with Gasteiger partial charge in [0.25, 0.3) is 0 Å². The summed E-state index contributed by atoms with van der Waals surface area (Å²) in [7, 11) is 2.29. The summed E-state index contributed by atoms with van der Waals surface area (Å²) >= 11 is 0. The first-order valence-corrected chi connectivity index (χ1v) is 6.06. The predicted octanol–water partition coefficient (Wildman–Crippen LogP) is -0.0209. The van der Waals surface area contributed by atoms with E-state index in [2.05, 4.69) is 37.1 Å². The molecule has 0 saturated carbocycles. The molecule has 1 rings (SSSR count). The molecule has 1 aromatic carbocycles. The first-order valence-electron chi connectivity index (χ1n) is 4.27. The van der Waals surface area contributed by atoms with Crippen LogP contribution in [0.1, 0.15) is 16.7 Å². The predicted molar refractivity (Wildman–Crippen MR) is 63.0 cm³/mol. The minimum Gasteiger partial charge on any atom is -0.439 e. The van der Waals surface area contributed by atoms with Crippen molar-refractivity contribution in [1.29, 1.82) is 0 Å². The van der Waals surface area contributed by atoms with Crippen molar-refractivity contribution in [3.8, 4) is 0 Å². The van der Waals surface area contributed by atoms with Crippen LogP contribution in [0.15, 0.2) is 12.1 Å². The fraction of sp³-hybridized carbons (Fsp3) is 0.333. The Balaban J connectivity index is 3.28. The highest BCUT2D eigenvalue weighted by molar-refractivity contribution is 6.42. The molecule has 0 aliphatic heterocycles. The SMILES string of the molecule is Cc1cc(C)c(N([SiH3])[SiH3])c(C)c1. The van der Waals surface area contributed by atoms with Crippen LogP contribution >= 0.6 is 0 Å². The second-order valence-corrected chi connectivity index (χ2v) is 8.11. The van der Waals surface area contributed by atoms with Crippen molar-refractivity contribution in [2.45, 2.75) is 20.8 Å². The first-order chi connectivity index (χ1) is 5.52. The molecular formula is C9H17NSi2. The summed E-state index contributed by atoms with van der Waals surface area (Å²) < 4.78 is 2.45. The number of rotatable bonds is 1. The lowest BCUT2D eigenvalue weighted by Crippen LogP contribution is -2.16. The lowest BCUT2D eigenvalue weighted by Gasteiger charge is -2.20. The van der Waals surface area contributed by atoms with Gasteiger partial charge >= 0.3 is 0 Å². The third-order valence-electron chi connectivity index (χ3n) is 2.08. The Morgan fingerprint density at radius 3 is 1.75 bits per heavy atom. The van der Waals surface area contributed by atoms with Gasteiger partial charge in [-0.3, -0.25) is 0 Å². The summed E-state index contributed by atoms with van der Waals surface area (Å²) in [5.74, 6) is 0. The van der Waals surface area contributed by atoms with Crippen LogP contribution in [0.3, 0.4) is 0 Å². The highest BCUT2D eigenvalue weighted by atomic mass is 28.2. The van der Waals surface area contributed by atoms with Crippen LogP contribution in [0.25, 0.3) is 0 Å². The van der Waals surface area contributed by atoms with Crippen molar-refractivity contribution in [1.82, 2.24) is 0 Å². The fourth-order valence-corrected chi connectivity index (χ4v) is 3.29. The topological polar surface area (TPSA) is 3.24 Å². The molecule has 0 aliphatic rings. The second kappa shape index (κ2) is 3.45. The molecule has 0 atom stereocenters. The third kappa shape index (κ3) is 1.79. The quantitative estimate of drug-likeness (QED) is 0.569. The number of anilines is 1. The molecule has 0 saturated heterocycles. The summed E-state index contributed by atoms with van der Waals surface area (Å²) in [6.45, 7) is 6.57. The van der Waals surface area contributed by atoms with E-state index in [9.17, 15) is 0 Å². The molecule has 1 nitrogen and oxygen atoms in total. The molecule has 0 N–H and O–H groups in total. The Bertz CT molecular complexity index is 272. The van der Waals surface area contributed by atoms with E-state index < -0.39 is 0 Å². The molecule has 0 bridgehead atoms. The minimum atomic E-state index is 1.15. The Morgan fingerprint density at radius 1 is 1.00 bits per heavy atom. The van der Waals surface area contributed by atoms with E-state index in [0.717, 1.165) is 20.8 Å². The van der Waals surface area contributed by atoms with Crippen LogP contribution < -0.4 is 4.23 Å². The van der Waals surface area contributed by atoms with Crippen molar-refractivity contribution in [2.24, 2.45) is 0 Å². The van der Waals surface area contributed by atoms with E-state index in [1.54, 1.807) is 0 Å². The van der Waals surface area contributed by atoms with Gasteiger partial charge in [-0.25, -0.2) is 0 Å². The van der Waals surface area contributed by atoms with Gasteiger partial charge in [0.2, 0.25) is 0 Å². The number of aryl methyl sites for hydroxylation is 3. The molecule has 0 heterocycles. The molecule has 0 spiro atoms. The van der Waals surface area contributed by atoms with Gasteiger partial charge in [-0.2, -0.15) is 0 Å². The Labute approximate surface area is 80.8 Å². The van der Waals surface area contributed by atoms with Crippen molar-refractivity contribution in [2.75, 3.05) is 4.23 Å². The van der Waals surface area contributed by atoms with Crippen LogP contribution in [0, 0.1) is 20.8 Å². The van der Waals surface area contributed by atoms with E-state index in [1.165, 1.54) is 22.4 Å². The average Bonchev–Trinajstić information content (AvgIpc) is 1.82. The lowest BCUT2D eigenvalue weighted by atomic mass is 10.1. The average molecular weight is 195 g/mol. The van der Waals surface area contributed by atoms with E-state index in [1.807, 2.05) is 0 Å². The summed E-state index contributed by atoms with van der Waals surface area (Å²) in [5, 5.41) is 0. The molecule has 0 aromatic heterocycles. The van der Waals surface area contributed by atoms with Crippen LogP contribution in [0.5, 0.6) is 0 Å². The number of hydrogen-bond acceptors (Lipinski definition) is 1. The van der Waals surface area contributed by atoms with Crippen molar-refractivity contribution < 1.29 is 0 Å². The standard InChI is InChI=1S/C9H17NSi2/c1-6-4-7(2)9(10(11)12)8(3)5-6/h4-5H,1-3,11-12H3. The summed E-state index contributed by atoms with van der Waals surface area (Å²) in [6.07, 6.45) is 0. The smallest absolute Gasteiger partial charge is 0.0965 e. The molecule has 0 radical (unpaired) electrons. The van der Waals surface area contributed by atoms with Gasteiger partial charge in [0.1, 0.15) is 0 Å². The molecule has 3 heteroatoms. The molecule has 1 aromatic rings. The highest BCUT2D eigenvalue weighted by Gasteiger charge is 2.03. The van der Waals surface area contributed by atoms with Crippen molar-refractivity contribution >= 4 is 26.5 Å². The Morgan fingerprint density at radius 2 is 1.42 bits per heavy atom. The monoisotopic (exact) mass is 195 g/mol. The molecule has 66 valence electrons. The summed E-state index contributed by atoms with van der Waals surface area (Å²) in [6, 6.07) is 4.54. The zero-order chi connectivity index (χ0) is 9.30. The van der Waals surface area contributed by atoms with E-state index in [4.69, 9.17) is 0 Å². The maximum Gasteiger partial charge on any atom is 0.0965 e. The van der Waals surface area contributed by atoms with Crippen LogP contribution in [-0.2, 0) is 0 Å². The molecular weight excluding hydrogens is 178 g/mol. The Hall–Kier alpha value is -0.546. The van der Waals surface area contributed by atoms with Gasteiger partial charge in [0.15, 0.2) is 0 Å². The van der Waals surface area contributed by atoms with Crippen LogP contribution in [0.2, 0.25) is 0 Å². The maximum atomic E-state index is 2.45. The van der Waals surface area contributed by atoms with Gasteiger partial charge < -0.3 is 4.23 Å². The van der Waals surface area contributed by atoms with E-state index in [0.29, 0.717) is 0 Å². The van der Waals surface area contributed by atoms with E-state index >= 15 is 0 Å². The van der Waals surface area contributed by atoms with Gasteiger partial charge in [0, 0.05) is 5.69 Å². The van der Waals surface area contributed by atoms with Gasteiger partial charge in [-0.05, 0) is 31.9 Å². The minimum absolute atomic E-state index is 1.15. The Kier molecular flexibility index (Phi) is 2.74.